The Bertz CT molecular complexity index is 878. The predicted molar refractivity (Wildman–Crippen MR) is 184 cm³/mol. The van der Waals surface area contributed by atoms with Crippen molar-refractivity contribution >= 4 is 11.9 Å². The van der Waals surface area contributed by atoms with Gasteiger partial charge in [0.2, 0.25) is 0 Å². The molecule has 248 valence electrons. The standard InChI is InChI=1S/C12H24O3.C12H16O2.C7H8.C5H12.C2H6/c1-6-8-14-12(4,5)9-10(3)15-11(13)7-2;1-3-12(13)14-10(2)9-11-7-5-4-6-8-11;1-7-5-3-2-4-6-7;1-4-5(2)3;1-2/h10H,6-9H2,1-5H3;4-8,10H,3,9H2,1-2H3;2-6H,1H3;5H,4H2,1-3H3;1-2H3. The number of carbonyl (C=O) groups is 2. The highest BCUT2D eigenvalue weighted by Gasteiger charge is 2.23. The van der Waals surface area contributed by atoms with Gasteiger partial charge < -0.3 is 14.2 Å². The second-order valence-electron chi connectivity index (χ2n) is 11.3. The second kappa shape index (κ2) is 29.4. The molecule has 0 saturated heterocycles. The molecule has 0 bridgehead atoms. The number of carbonyl (C=O) groups excluding carboxylic acids is 2. The number of hydrogen-bond acceptors (Lipinski definition) is 5. The molecular weight excluding hydrogens is 536 g/mol. The number of benzene rings is 2. The molecule has 0 amide bonds. The molecule has 0 radical (unpaired) electrons. The molecular formula is C38H66O5. The maximum absolute atomic E-state index is 11.1. The molecule has 0 saturated carbocycles. The van der Waals surface area contributed by atoms with E-state index in [2.05, 4.69) is 46.8 Å². The van der Waals surface area contributed by atoms with Gasteiger partial charge in [-0.25, -0.2) is 0 Å². The van der Waals surface area contributed by atoms with Gasteiger partial charge in [0.25, 0.3) is 0 Å². The van der Waals surface area contributed by atoms with Crippen LogP contribution in [0.15, 0.2) is 60.7 Å². The van der Waals surface area contributed by atoms with E-state index in [1.165, 1.54) is 17.5 Å². The Morgan fingerprint density at radius 1 is 0.721 bits per heavy atom. The van der Waals surface area contributed by atoms with E-state index in [4.69, 9.17) is 14.2 Å². The van der Waals surface area contributed by atoms with Crippen LogP contribution in [0.1, 0.15) is 126 Å². The first-order valence-electron chi connectivity index (χ1n) is 16.4. The largest absolute Gasteiger partial charge is 0.463 e. The Balaban J connectivity index is -0.000000523. The van der Waals surface area contributed by atoms with E-state index in [0.29, 0.717) is 12.8 Å². The molecule has 5 nitrogen and oxygen atoms in total. The average Bonchev–Trinajstić information content (AvgIpc) is 2.98. The Kier molecular flexibility index (Phi) is 30.6. The van der Waals surface area contributed by atoms with Crippen LogP contribution in [0.2, 0.25) is 0 Å². The molecule has 0 N–H and O–H groups in total. The minimum Gasteiger partial charge on any atom is -0.463 e. The molecule has 0 fully saturated rings. The molecule has 0 aromatic heterocycles. The van der Waals surface area contributed by atoms with Crippen molar-refractivity contribution in [3.8, 4) is 0 Å². The normalized spacial score (nSPS) is 11.4. The topological polar surface area (TPSA) is 61.8 Å². The van der Waals surface area contributed by atoms with Gasteiger partial charge in [-0.2, -0.15) is 0 Å². The third-order valence-corrected chi connectivity index (χ3v) is 5.84. The van der Waals surface area contributed by atoms with E-state index in [9.17, 15) is 9.59 Å². The Morgan fingerprint density at radius 2 is 1.14 bits per heavy atom. The van der Waals surface area contributed by atoms with Gasteiger partial charge in [-0.1, -0.05) is 128 Å². The van der Waals surface area contributed by atoms with Crippen LogP contribution in [-0.4, -0.2) is 36.4 Å². The predicted octanol–water partition coefficient (Wildman–Crippen LogP) is 10.6. The summed E-state index contributed by atoms with van der Waals surface area (Å²) in [5.74, 6) is 0.609. The minimum atomic E-state index is -0.219. The van der Waals surface area contributed by atoms with Gasteiger partial charge in [-0.3, -0.25) is 9.59 Å². The third-order valence-electron chi connectivity index (χ3n) is 5.84. The average molecular weight is 603 g/mol. The lowest BCUT2D eigenvalue weighted by Gasteiger charge is -2.28. The summed E-state index contributed by atoms with van der Waals surface area (Å²) in [5, 5.41) is 0. The lowest BCUT2D eigenvalue weighted by atomic mass is 10.0. The highest BCUT2D eigenvalue weighted by Crippen LogP contribution is 2.19. The van der Waals surface area contributed by atoms with Gasteiger partial charge in [0, 0.05) is 32.3 Å². The lowest BCUT2D eigenvalue weighted by Crippen LogP contribution is -2.31. The van der Waals surface area contributed by atoms with E-state index in [1.54, 1.807) is 13.8 Å². The zero-order chi connectivity index (χ0) is 33.7. The van der Waals surface area contributed by atoms with Gasteiger partial charge in [0.05, 0.1) is 5.60 Å². The fourth-order valence-electron chi connectivity index (χ4n) is 3.31. The van der Waals surface area contributed by atoms with Crippen LogP contribution in [0.4, 0.5) is 0 Å². The van der Waals surface area contributed by atoms with Gasteiger partial charge in [0.15, 0.2) is 0 Å². The number of esters is 2. The van der Waals surface area contributed by atoms with Gasteiger partial charge in [-0.05, 0) is 52.5 Å². The first kappa shape index (κ1) is 44.8. The summed E-state index contributed by atoms with van der Waals surface area (Å²) in [6, 6.07) is 20.3. The van der Waals surface area contributed by atoms with E-state index in [1.807, 2.05) is 90.1 Å². The van der Waals surface area contributed by atoms with Crippen molar-refractivity contribution in [2.75, 3.05) is 6.61 Å². The van der Waals surface area contributed by atoms with Crippen LogP contribution in [0.5, 0.6) is 0 Å². The van der Waals surface area contributed by atoms with Crippen molar-refractivity contribution in [2.24, 2.45) is 5.92 Å². The zero-order valence-electron chi connectivity index (χ0n) is 30.0. The summed E-state index contributed by atoms with van der Waals surface area (Å²) in [7, 11) is 0. The maximum Gasteiger partial charge on any atom is 0.305 e. The van der Waals surface area contributed by atoms with Crippen LogP contribution in [0.25, 0.3) is 0 Å². The van der Waals surface area contributed by atoms with Gasteiger partial charge in [-0.15, -0.1) is 0 Å². The maximum atomic E-state index is 11.1. The van der Waals surface area contributed by atoms with Crippen LogP contribution in [-0.2, 0) is 30.2 Å². The highest BCUT2D eigenvalue weighted by atomic mass is 16.5. The summed E-state index contributed by atoms with van der Waals surface area (Å²) in [6.45, 7) is 27.0. The zero-order valence-corrected chi connectivity index (χ0v) is 30.0. The van der Waals surface area contributed by atoms with Gasteiger partial charge in [0.1, 0.15) is 12.2 Å². The molecule has 0 spiro atoms. The molecule has 2 aromatic carbocycles. The molecule has 0 aliphatic carbocycles. The van der Waals surface area contributed by atoms with Crippen molar-refractivity contribution in [1.29, 1.82) is 0 Å². The Morgan fingerprint density at radius 3 is 1.49 bits per heavy atom. The summed E-state index contributed by atoms with van der Waals surface area (Å²) in [5.41, 5.74) is 2.30. The molecule has 2 aromatic rings. The van der Waals surface area contributed by atoms with Crippen molar-refractivity contribution in [2.45, 2.75) is 146 Å². The number of rotatable bonds is 12. The first-order valence-corrected chi connectivity index (χ1v) is 16.4. The first-order chi connectivity index (χ1) is 20.3. The second-order valence-corrected chi connectivity index (χ2v) is 11.3. The molecule has 0 heterocycles. The van der Waals surface area contributed by atoms with Gasteiger partial charge >= 0.3 is 11.9 Å². The van der Waals surface area contributed by atoms with Crippen LogP contribution >= 0.6 is 0 Å². The van der Waals surface area contributed by atoms with E-state index >= 15 is 0 Å². The van der Waals surface area contributed by atoms with E-state index in [0.717, 1.165) is 31.8 Å². The van der Waals surface area contributed by atoms with Crippen LogP contribution in [0.3, 0.4) is 0 Å². The van der Waals surface area contributed by atoms with Crippen molar-refractivity contribution in [3.63, 3.8) is 0 Å². The lowest BCUT2D eigenvalue weighted by molar-refractivity contribution is -0.151. The summed E-state index contributed by atoms with van der Waals surface area (Å²) < 4.78 is 16.0. The minimum absolute atomic E-state index is 0.0372. The Labute approximate surface area is 266 Å². The van der Waals surface area contributed by atoms with Crippen molar-refractivity contribution in [1.82, 2.24) is 0 Å². The molecule has 0 aliphatic heterocycles. The van der Waals surface area contributed by atoms with Crippen LogP contribution in [0, 0.1) is 12.8 Å². The molecule has 2 unspecified atom stereocenters. The smallest absolute Gasteiger partial charge is 0.305 e. The Hall–Kier alpha value is -2.66. The summed E-state index contributed by atoms with van der Waals surface area (Å²) in [4.78, 5) is 22.0. The molecule has 0 aliphatic rings. The third kappa shape index (κ3) is 32.1. The van der Waals surface area contributed by atoms with E-state index in [-0.39, 0.29) is 29.7 Å². The molecule has 43 heavy (non-hydrogen) atoms. The highest BCUT2D eigenvalue weighted by molar-refractivity contribution is 5.69. The monoisotopic (exact) mass is 602 g/mol. The molecule has 2 atom stereocenters. The quantitative estimate of drug-likeness (QED) is 0.226. The number of ether oxygens (including phenoxy) is 3. The number of aryl methyl sites for hydroxylation is 1. The summed E-state index contributed by atoms with van der Waals surface area (Å²) in [6.07, 6.45) is 4.59. The molecule has 5 heteroatoms. The van der Waals surface area contributed by atoms with Crippen LogP contribution < -0.4 is 0 Å². The van der Waals surface area contributed by atoms with E-state index < -0.39 is 0 Å². The van der Waals surface area contributed by atoms with Crippen molar-refractivity contribution < 1.29 is 23.8 Å². The fourth-order valence-corrected chi connectivity index (χ4v) is 3.31. The SMILES string of the molecule is CC.CCC(=O)OC(C)Cc1ccccc1.CCC(C)C.CCCOC(C)(C)CC(C)OC(=O)CC.Cc1ccccc1. The molecule has 2 rings (SSSR count). The summed E-state index contributed by atoms with van der Waals surface area (Å²) >= 11 is 0. The fraction of sp³-hybridized carbons (Fsp3) is 0.632. The van der Waals surface area contributed by atoms with Crippen molar-refractivity contribution in [3.05, 3.63) is 71.8 Å². The number of hydrogen-bond donors (Lipinski definition) is 0.